The van der Waals surface area contributed by atoms with Gasteiger partial charge in [-0.2, -0.15) is 13.2 Å². The van der Waals surface area contributed by atoms with Crippen molar-refractivity contribution in [1.82, 2.24) is 14.9 Å². The number of nitrogens with one attached hydrogen (secondary N) is 1. The van der Waals surface area contributed by atoms with Crippen LogP contribution < -0.4 is 10.2 Å². The Morgan fingerprint density at radius 1 is 1.16 bits per heavy atom. The molecule has 0 aliphatic carbocycles. The maximum absolute atomic E-state index is 13.0. The molecule has 0 atom stereocenters. The van der Waals surface area contributed by atoms with Crippen molar-refractivity contribution in [1.29, 1.82) is 0 Å². The van der Waals surface area contributed by atoms with Crippen LogP contribution in [0.3, 0.4) is 0 Å². The van der Waals surface area contributed by atoms with Gasteiger partial charge in [-0.25, -0.2) is 9.97 Å². The highest BCUT2D eigenvalue weighted by atomic mass is 35.5. The lowest BCUT2D eigenvalue weighted by atomic mass is 10.1. The molecule has 32 heavy (non-hydrogen) atoms. The van der Waals surface area contributed by atoms with Gasteiger partial charge in [0.25, 0.3) is 0 Å². The van der Waals surface area contributed by atoms with Crippen molar-refractivity contribution in [2.24, 2.45) is 0 Å². The van der Waals surface area contributed by atoms with Gasteiger partial charge in [0.05, 0.1) is 22.7 Å². The summed E-state index contributed by atoms with van der Waals surface area (Å²) >= 11 is 7.20. The number of aromatic nitrogens is 2. The van der Waals surface area contributed by atoms with Crippen LogP contribution in [-0.2, 0) is 17.4 Å². The minimum atomic E-state index is -4.38. The monoisotopic (exact) mass is 481 g/mol. The second-order valence-corrected chi connectivity index (χ2v) is 8.52. The number of carbonyl (C=O) groups excluding carboxylic acids is 1. The Kier molecular flexibility index (Phi) is 6.52. The van der Waals surface area contributed by atoms with E-state index in [9.17, 15) is 18.0 Å². The molecule has 3 aromatic rings. The Morgan fingerprint density at radius 2 is 1.94 bits per heavy atom. The number of hydrogen-bond acceptors (Lipinski definition) is 6. The molecule has 6 nitrogen and oxygen atoms in total. The molecule has 1 aromatic carbocycles. The van der Waals surface area contributed by atoms with Gasteiger partial charge in [-0.1, -0.05) is 17.7 Å². The second kappa shape index (κ2) is 9.33. The average Bonchev–Trinajstić information content (AvgIpc) is 3.21. The lowest BCUT2D eigenvalue weighted by Crippen LogP contribution is -2.49. The molecule has 1 aliphatic heterocycles. The smallest absolute Gasteiger partial charge is 0.368 e. The van der Waals surface area contributed by atoms with Gasteiger partial charge in [0.2, 0.25) is 5.91 Å². The summed E-state index contributed by atoms with van der Waals surface area (Å²) in [4.78, 5) is 24.8. The molecule has 1 fully saturated rings. The molecule has 0 unspecified atom stereocenters. The van der Waals surface area contributed by atoms with Crippen LogP contribution >= 0.6 is 22.9 Å². The highest BCUT2D eigenvalue weighted by molar-refractivity contribution is 7.13. The highest BCUT2D eigenvalue weighted by Gasteiger charge is 2.31. The zero-order valence-electron chi connectivity index (χ0n) is 16.8. The molecule has 0 bridgehead atoms. The van der Waals surface area contributed by atoms with Crippen LogP contribution in [0.2, 0.25) is 5.02 Å². The van der Waals surface area contributed by atoms with Gasteiger partial charge in [-0.3, -0.25) is 4.79 Å². The van der Waals surface area contributed by atoms with Crippen molar-refractivity contribution >= 4 is 45.5 Å². The Bertz CT molecular complexity index is 1080. The van der Waals surface area contributed by atoms with Gasteiger partial charge in [0.1, 0.15) is 5.82 Å². The standard InChI is InChI=1S/C21H19ClF3N5OS/c22-15-4-5-18(26-12-15)28-20-27-16(13-32-20)11-19(31)30-8-6-29(7-9-30)17-3-1-2-14(10-17)21(23,24)25/h1-5,10,12-13H,6-9,11H2,(H,26,27,28). The Morgan fingerprint density at radius 3 is 2.62 bits per heavy atom. The average molecular weight is 482 g/mol. The Labute approximate surface area is 191 Å². The fraction of sp³-hybridized carbons (Fsp3) is 0.286. The van der Waals surface area contributed by atoms with E-state index >= 15 is 0 Å². The van der Waals surface area contributed by atoms with Gasteiger partial charge in [0.15, 0.2) is 5.13 Å². The molecule has 168 valence electrons. The number of piperazine rings is 1. The third-order valence-electron chi connectivity index (χ3n) is 5.02. The number of alkyl halides is 3. The van der Waals surface area contributed by atoms with Crippen LogP contribution in [0.4, 0.5) is 29.8 Å². The predicted molar refractivity (Wildman–Crippen MR) is 119 cm³/mol. The summed E-state index contributed by atoms with van der Waals surface area (Å²) in [5.74, 6) is 0.544. The number of rotatable bonds is 5. The van der Waals surface area contributed by atoms with E-state index in [2.05, 4.69) is 15.3 Å². The number of carbonyl (C=O) groups is 1. The number of halogens is 4. The first kappa shape index (κ1) is 22.3. The zero-order chi connectivity index (χ0) is 22.7. The van der Waals surface area contributed by atoms with Crippen LogP contribution in [0.15, 0.2) is 48.0 Å². The maximum Gasteiger partial charge on any atom is 0.416 e. The molecule has 11 heteroatoms. The SMILES string of the molecule is O=C(Cc1csc(Nc2ccc(Cl)cn2)n1)N1CCN(c2cccc(C(F)(F)F)c2)CC1. The zero-order valence-corrected chi connectivity index (χ0v) is 18.3. The fourth-order valence-corrected chi connectivity index (χ4v) is 4.19. The van der Waals surface area contributed by atoms with Crippen LogP contribution in [0.1, 0.15) is 11.3 Å². The molecule has 2 aromatic heterocycles. The van der Waals surface area contributed by atoms with E-state index < -0.39 is 11.7 Å². The van der Waals surface area contributed by atoms with Crippen molar-refractivity contribution in [3.8, 4) is 0 Å². The summed E-state index contributed by atoms with van der Waals surface area (Å²) in [5.41, 5.74) is 0.491. The quantitative estimate of drug-likeness (QED) is 0.564. The molecular weight excluding hydrogens is 463 g/mol. The molecule has 1 N–H and O–H groups in total. The van der Waals surface area contributed by atoms with E-state index in [4.69, 9.17) is 11.6 Å². The van der Waals surface area contributed by atoms with Crippen LogP contribution in [0.5, 0.6) is 0 Å². The molecule has 1 saturated heterocycles. The van der Waals surface area contributed by atoms with Crippen LogP contribution in [0, 0.1) is 0 Å². The van der Waals surface area contributed by atoms with E-state index in [1.165, 1.54) is 23.6 Å². The van der Waals surface area contributed by atoms with E-state index in [1.54, 1.807) is 23.1 Å². The van der Waals surface area contributed by atoms with Crippen molar-refractivity contribution in [2.45, 2.75) is 12.6 Å². The summed E-state index contributed by atoms with van der Waals surface area (Å²) in [6, 6.07) is 8.72. The van der Waals surface area contributed by atoms with E-state index in [1.807, 2.05) is 10.3 Å². The number of anilines is 3. The number of pyridine rings is 1. The van der Waals surface area contributed by atoms with Gasteiger partial charge >= 0.3 is 6.18 Å². The predicted octanol–water partition coefficient (Wildman–Crippen LogP) is 4.85. The largest absolute Gasteiger partial charge is 0.416 e. The number of hydrogen-bond donors (Lipinski definition) is 1. The third kappa shape index (κ3) is 5.49. The summed E-state index contributed by atoms with van der Waals surface area (Å²) in [6.45, 7) is 1.83. The van der Waals surface area contributed by atoms with Gasteiger partial charge in [0, 0.05) is 43.4 Å². The normalized spacial score (nSPS) is 14.5. The van der Waals surface area contributed by atoms with E-state index in [-0.39, 0.29) is 12.3 Å². The number of amides is 1. The minimum absolute atomic E-state index is 0.0600. The van der Waals surface area contributed by atoms with Crippen molar-refractivity contribution < 1.29 is 18.0 Å². The first-order chi connectivity index (χ1) is 15.3. The van der Waals surface area contributed by atoms with Crippen molar-refractivity contribution in [2.75, 3.05) is 36.4 Å². The summed E-state index contributed by atoms with van der Waals surface area (Å²) in [6.07, 6.45) is -2.69. The topological polar surface area (TPSA) is 61.4 Å². The number of benzene rings is 1. The van der Waals surface area contributed by atoms with E-state index in [0.717, 1.165) is 12.1 Å². The van der Waals surface area contributed by atoms with Crippen molar-refractivity contribution in [3.63, 3.8) is 0 Å². The molecule has 0 spiro atoms. The van der Waals surface area contributed by atoms with Crippen LogP contribution in [0.25, 0.3) is 0 Å². The molecule has 0 saturated carbocycles. The third-order valence-corrected chi connectivity index (χ3v) is 6.05. The second-order valence-electron chi connectivity index (χ2n) is 7.22. The first-order valence-corrected chi connectivity index (χ1v) is 11.1. The lowest BCUT2D eigenvalue weighted by Gasteiger charge is -2.36. The van der Waals surface area contributed by atoms with Gasteiger partial charge in [-0.05, 0) is 30.3 Å². The van der Waals surface area contributed by atoms with Gasteiger partial charge in [-0.15, -0.1) is 11.3 Å². The molecule has 3 heterocycles. The molecular formula is C21H19ClF3N5OS. The Balaban J connectivity index is 1.30. The summed E-state index contributed by atoms with van der Waals surface area (Å²) in [7, 11) is 0. The number of thiazole rings is 1. The number of nitrogens with zero attached hydrogens (tertiary/aromatic N) is 4. The van der Waals surface area contributed by atoms with Crippen molar-refractivity contribution in [3.05, 3.63) is 64.3 Å². The van der Waals surface area contributed by atoms with E-state index in [0.29, 0.717) is 53.5 Å². The summed E-state index contributed by atoms with van der Waals surface area (Å²) in [5, 5.41) is 6.04. The van der Waals surface area contributed by atoms with Crippen LogP contribution in [-0.4, -0.2) is 47.0 Å². The minimum Gasteiger partial charge on any atom is -0.368 e. The summed E-state index contributed by atoms with van der Waals surface area (Å²) < 4.78 is 38.9. The highest BCUT2D eigenvalue weighted by Crippen LogP contribution is 2.32. The first-order valence-electron chi connectivity index (χ1n) is 9.81. The molecule has 1 aliphatic rings. The molecule has 1 amide bonds. The lowest BCUT2D eigenvalue weighted by molar-refractivity contribution is -0.137. The maximum atomic E-state index is 13.0. The molecule has 0 radical (unpaired) electrons. The Hall–Kier alpha value is -2.85. The fourth-order valence-electron chi connectivity index (χ4n) is 3.36. The molecule has 4 rings (SSSR count). The van der Waals surface area contributed by atoms with Gasteiger partial charge < -0.3 is 15.1 Å².